The first-order valence-corrected chi connectivity index (χ1v) is 3.93. The summed E-state index contributed by atoms with van der Waals surface area (Å²) >= 11 is 0. The molecular weight excluding hydrogens is 170 g/mol. The van der Waals surface area contributed by atoms with Crippen molar-refractivity contribution in [2.75, 3.05) is 12.0 Å². The lowest BCUT2D eigenvalue weighted by Gasteiger charge is -2.03. The normalized spacial score (nSPS) is 13.0. The summed E-state index contributed by atoms with van der Waals surface area (Å²) in [5.41, 5.74) is 1.89. The average molecular weight is 179 g/mol. The number of aryl methyl sites for hydroxylation is 1. The molecule has 1 aliphatic rings. The van der Waals surface area contributed by atoms with Crippen LogP contribution >= 0.6 is 0 Å². The maximum atomic E-state index is 10.7. The van der Waals surface area contributed by atoms with Gasteiger partial charge < -0.3 is 15.2 Å². The summed E-state index contributed by atoms with van der Waals surface area (Å²) in [4.78, 5) is 10.7. The van der Waals surface area contributed by atoms with Crippen molar-refractivity contribution in [2.45, 2.75) is 6.92 Å². The number of carboxylic acids is 1. The Labute approximate surface area is 75.1 Å². The third-order valence-corrected chi connectivity index (χ3v) is 2.00. The second-order valence-electron chi connectivity index (χ2n) is 2.94. The molecule has 0 spiro atoms. The van der Waals surface area contributed by atoms with E-state index in [1.165, 1.54) is 0 Å². The van der Waals surface area contributed by atoms with Gasteiger partial charge >= 0.3 is 5.97 Å². The first-order chi connectivity index (χ1) is 6.18. The van der Waals surface area contributed by atoms with Gasteiger partial charge in [0.15, 0.2) is 6.73 Å². The lowest BCUT2D eigenvalue weighted by atomic mass is 10.1. The molecule has 1 heterocycles. The second kappa shape index (κ2) is 2.65. The molecule has 1 aromatic rings. The molecule has 0 saturated carbocycles. The Hall–Kier alpha value is -1.71. The minimum Gasteiger partial charge on any atom is -0.478 e. The van der Waals surface area contributed by atoms with Crippen molar-refractivity contribution in [3.05, 3.63) is 23.3 Å². The third kappa shape index (κ3) is 1.20. The first-order valence-electron chi connectivity index (χ1n) is 3.93. The van der Waals surface area contributed by atoms with Crippen molar-refractivity contribution >= 4 is 11.7 Å². The van der Waals surface area contributed by atoms with Gasteiger partial charge in [0, 0.05) is 0 Å². The molecule has 68 valence electrons. The second-order valence-corrected chi connectivity index (χ2v) is 2.94. The molecule has 2 rings (SSSR count). The van der Waals surface area contributed by atoms with Crippen molar-refractivity contribution < 1.29 is 14.6 Å². The van der Waals surface area contributed by atoms with Crippen molar-refractivity contribution in [3.8, 4) is 5.75 Å². The van der Waals surface area contributed by atoms with Crippen molar-refractivity contribution in [1.29, 1.82) is 0 Å². The highest BCUT2D eigenvalue weighted by atomic mass is 16.5. The number of rotatable bonds is 1. The zero-order chi connectivity index (χ0) is 9.42. The maximum Gasteiger partial charge on any atom is 0.335 e. The van der Waals surface area contributed by atoms with Gasteiger partial charge in [0.05, 0.1) is 11.3 Å². The number of carbonyl (C=O) groups is 1. The van der Waals surface area contributed by atoms with Gasteiger partial charge in [-0.1, -0.05) is 0 Å². The van der Waals surface area contributed by atoms with Gasteiger partial charge in [-0.05, 0) is 24.6 Å². The Morgan fingerprint density at radius 1 is 1.62 bits per heavy atom. The minimum absolute atomic E-state index is 0.286. The van der Waals surface area contributed by atoms with Gasteiger partial charge in [0.25, 0.3) is 0 Å². The summed E-state index contributed by atoms with van der Waals surface area (Å²) in [5.74, 6) is -0.162. The molecule has 0 amide bonds. The summed E-state index contributed by atoms with van der Waals surface area (Å²) < 4.78 is 5.26. The number of anilines is 1. The molecule has 1 aromatic carbocycles. The number of hydrogen-bond donors (Lipinski definition) is 2. The monoisotopic (exact) mass is 179 g/mol. The fourth-order valence-electron chi connectivity index (χ4n) is 1.41. The Kier molecular flexibility index (Phi) is 1.62. The van der Waals surface area contributed by atoms with Gasteiger partial charge in [-0.15, -0.1) is 0 Å². The predicted molar refractivity (Wildman–Crippen MR) is 47.3 cm³/mol. The molecule has 0 atom stereocenters. The fourth-order valence-corrected chi connectivity index (χ4v) is 1.41. The Balaban J connectivity index is 2.55. The van der Waals surface area contributed by atoms with Gasteiger partial charge in [-0.2, -0.15) is 0 Å². The fraction of sp³-hybridized carbons (Fsp3) is 0.222. The van der Waals surface area contributed by atoms with Crippen LogP contribution in [0.5, 0.6) is 5.75 Å². The maximum absolute atomic E-state index is 10.7. The van der Waals surface area contributed by atoms with Crippen LogP contribution < -0.4 is 10.1 Å². The lowest BCUT2D eigenvalue weighted by Crippen LogP contribution is -1.98. The van der Waals surface area contributed by atoms with Crippen molar-refractivity contribution in [1.82, 2.24) is 0 Å². The zero-order valence-corrected chi connectivity index (χ0v) is 7.13. The highest BCUT2D eigenvalue weighted by Gasteiger charge is 2.16. The number of benzene rings is 1. The van der Waals surface area contributed by atoms with Crippen LogP contribution in [0.2, 0.25) is 0 Å². The number of hydrogen-bond acceptors (Lipinski definition) is 3. The molecule has 2 N–H and O–H groups in total. The van der Waals surface area contributed by atoms with Gasteiger partial charge in [0.2, 0.25) is 0 Å². The van der Waals surface area contributed by atoms with E-state index >= 15 is 0 Å². The summed E-state index contributed by atoms with van der Waals surface area (Å²) in [6.45, 7) is 2.25. The largest absolute Gasteiger partial charge is 0.478 e. The molecule has 0 fully saturated rings. The number of ether oxygens (including phenoxy) is 1. The number of carboxylic acid groups (broad SMARTS) is 1. The van der Waals surface area contributed by atoms with E-state index in [2.05, 4.69) is 5.32 Å². The van der Waals surface area contributed by atoms with E-state index in [0.29, 0.717) is 6.73 Å². The molecule has 0 aliphatic carbocycles. The van der Waals surface area contributed by atoms with E-state index in [9.17, 15) is 4.79 Å². The van der Waals surface area contributed by atoms with Crippen LogP contribution in [0.15, 0.2) is 12.1 Å². The molecule has 0 radical (unpaired) electrons. The van der Waals surface area contributed by atoms with Gasteiger partial charge in [-0.25, -0.2) is 4.79 Å². The molecule has 13 heavy (non-hydrogen) atoms. The smallest absolute Gasteiger partial charge is 0.335 e. The summed E-state index contributed by atoms with van der Waals surface area (Å²) in [6, 6.07) is 3.19. The molecule has 4 heteroatoms. The molecular formula is C9H9NO3. The Morgan fingerprint density at radius 2 is 2.38 bits per heavy atom. The van der Waals surface area contributed by atoms with Gasteiger partial charge in [0.1, 0.15) is 5.75 Å². The van der Waals surface area contributed by atoms with Crippen LogP contribution in [0, 0.1) is 6.92 Å². The van der Waals surface area contributed by atoms with Crippen LogP contribution in [0.1, 0.15) is 15.9 Å². The summed E-state index contributed by atoms with van der Waals surface area (Å²) in [5, 5.41) is 11.7. The Morgan fingerprint density at radius 3 is 3.08 bits per heavy atom. The molecule has 4 nitrogen and oxygen atoms in total. The lowest BCUT2D eigenvalue weighted by molar-refractivity contribution is 0.0697. The van der Waals surface area contributed by atoms with Gasteiger partial charge in [-0.3, -0.25) is 0 Å². The summed E-state index contributed by atoms with van der Waals surface area (Å²) in [6.07, 6.45) is 0. The zero-order valence-electron chi connectivity index (χ0n) is 7.13. The van der Waals surface area contributed by atoms with Crippen molar-refractivity contribution in [3.63, 3.8) is 0 Å². The van der Waals surface area contributed by atoms with Crippen LogP contribution in [0.4, 0.5) is 5.69 Å². The Bertz CT molecular complexity index is 373. The molecule has 0 aromatic heterocycles. The number of aromatic carboxylic acids is 1. The number of fused-ring (bicyclic) bond motifs is 1. The summed E-state index contributed by atoms with van der Waals surface area (Å²) in [7, 11) is 0. The van der Waals surface area contributed by atoms with E-state index < -0.39 is 5.97 Å². The molecule has 0 bridgehead atoms. The van der Waals surface area contributed by atoms with Crippen LogP contribution in [-0.4, -0.2) is 17.8 Å². The van der Waals surface area contributed by atoms with E-state index in [0.717, 1.165) is 17.0 Å². The third-order valence-electron chi connectivity index (χ3n) is 2.00. The highest BCUT2D eigenvalue weighted by Crippen LogP contribution is 2.33. The topological polar surface area (TPSA) is 58.6 Å². The van der Waals surface area contributed by atoms with E-state index in [1.807, 2.05) is 6.92 Å². The minimum atomic E-state index is -0.917. The van der Waals surface area contributed by atoms with Crippen molar-refractivity contribution in [2.24, 2.45) is 0 Å². The van der Waals surface area contributed by atoms with E-state index in [-0.39, 0.29) is 5.56 Å². The standard InChI is InChI=1S/C9H9NO3/c1-5-2-6(9(11)12)3-7-8(5)13-4-10-7/h2-3,10H,4H2,1H3,(H,11,12). The van der Waals surface area contributed by atoms with Crippen LogP contribution in [0.3, 0.4) is 0 Å². The van der Waals surface area contributed by atoms with Crippen LogP contribution in [-0.2, 0) is 0 Å². The first kappa shape index (κ1) is 7.91. The SMILES string of the molecule is Cc1cc(C(=O)O)cc2c1OCN2. The quantitative estimate of drug-likeness (QED) is 0.685. The average Bonchev–Trinajstić information content (AvgIpc) is 2.51. The molecule has 1 aliphatic heterocycles. The predicted octanol–water partition coefficient (Wildman–Crippen LogP) is 1.46. The number of nitrogens with one attached hydrogen (secondary N) is 1. The van der Waals surface area contributed by atoms with Crippen LogP contribution in [0.25, 0.3) is 0 Å². The van der Waals surface area contributed by atoms with E-state index in [1.54, 1.807) is 12.1 Å². The molecule has 0 unspecified atom stereocenters. The molecule has 0 saturated heterocycles. The highest BCUT2D eigenvalue weighted by molar-refractivity contribution is 5.90. The van der Waals surface area contributed by atoms with E-state index in [4.69, 9.17) is 9.84 Å².